The summed E-state index contributed by atoms with van der Waals surface area (Å²) in [6.45, 7) is 1.52. The fourth-order valence-corrected chi connectivity index (χ4v) is 5.12. The molecule has 0 unspecified atom stereocenters. The van der Waals surface area contributed by atoms with Crippen LogP contribution >= 0.6 is 11.6 Å². The Morgan fingerprint density at radius 2 is 1.69 bits per heavy atom. The van der Waals surface area contributed by atoms with Crippen LogP contribution in [-0.4, -0.2) is 50.3 Å². The van der Waals surface area contributed by atoms with Crippen LogP contribution in [0.1, 0.15) is 23.4 Å². The van der Waals surface area contributed by atoms with Crippen molar-refractivity contribution in [2.24, 2.45) is 0 Å². The van der Waals surface area contributed by atoms with E-state index in [9.17, 15) is 16.8 Å². The maximum absolute atomic E-state index is 12.5. The number of halogens is 1. The molecular formula is C16H15ClN6O4S2. The Morgan fingerprint density at radius 1 is 1.03 bits per heavy atom. The zero-order valence-electron chi connectivity index (χ0n) is 15.4. The molecule has 1 heterocycles. The zero-order chi connectivity index (χ0) is 21.8. The Kier molecular flexibility index (Phi) is 6.74. The average molecular weight is 455 g/mol. The molecule has 0 N–H and O–H groups in total. The van der Waals surface area contributed by atoms with Gasteiger partial charge in [-0.3, -0.25) is 0 Å². The van der Waals surface area contributed by atoms with Crippen LogP contribution in [0.2, 0.25) is 5.28 Å². The number of sulfonamides is 1. The molecule has 0 aliphatic carbocycles. The molecule has 2 rings (SSSR count). The maximum atomic E-state index is 12.5. The lowest BCUT2D eigenvalue weighted by atomic mass is 10.1. The van der Waals surface area contributed by atoms with Gasteiger partial charge in [0.15, 0.2) is 9.84 Å². The lowest BCUT2D eigenvalue weighted by molar-refractivity contribution is 0.588. The van der Waals surface area contributed by atoms with Crippen LogP contribution in [0.4, 0.5) is 5.95 Å². The minimum Gasteiger partial charge on any atom is -0.241 e. The van der Waals surface area contributed by atoms with Gasteiger partial charge in [-0.25, -0.2) is 26.1 Å². The minimum absolute atomic E-state index is 0.0574. The molecule has 0 aliphatic heterocycles. The first kappa shape index (κ1) is 22.5. The standard InChI is InChI=1S/C16H15ClN6O4S2/c1-11-20-15(17)22-16(21-11)23(2)29(26,27)7-3-6-28(24,25)14-5-4-12(9-18)13(8-14)10-19/h4-5,8H,3,6-7H2,1-2H3. The molecule has 10 nitrogen and oxygen atoms in total. The van der Waals surface area contributed by atoms with E-state index < -0.39 is 31.4 Å². The Morgan fingerprint density at radius 3 is 2.28 bits per heavy atom. The van der Waals surface area contributed by atoms with Gasteiger partial charge in [0.2, 0.25) is 21.3 Å². The van der Waals surface area contributed by atoms with Gasteiger partial charge in [-0.15, -0.1) is 0 Å². The van der Waals surface area contributed by atoms with Gasteiger partial charge in [0, 0.05) is 7.05 Å². The molecule has 13 heteroatoms. The van der Waals surface area contributed by atoms with Crippen molar-refractivity contribution >= 4 is 37.4 Å². The van der Waals surface area contributed by atoms with Crippen LogP contribution in [0, 0.1) is 29.6 Å². The number of nitrogens with zero attached hydrogens (tertiary/aromatic N) is 6. The Labute approximate surface area is 173 Å². The highest BCUT2D eigenvalue weighted by atomic mass is 35.5. The lowest BCUT2D eigenvalue weighted by Crippen LogP contribution is -2.31. The Bertz CT molecular complexity index is 1210. The summed E-state index contributed by atoms with van der Waals surface area (Å²) in [6.07, 6.45) is -0.200. The second kappa shape index (κ2) is 8.69. The number of aromatic nitrogens is 3. The highest BCUT2D eigenvalue weighted by molar-refractivity contribution is 7.93. The highest BCUT2D eigenvalue weighted by Crippen LogP contribution is 2.18. The van der Waals surface area contributed by atoms with Crippen LogP contribution in [0.5, 0.6) is 0 Å². The first-order valence-electron chi connectivity index (χ1n) is 8.02. The normalized spacial score (nSPS) is 11.5. The van der Waals surface area contributed by atoms with Crippen molar-refractivity contribution in [2.75, 3.05) is 22.9 Å². The van der Waals surface area contributed by atoms with Crippen LogP contribution in [0.25, 0.3) is 0 Å². The molecule has 152 valence electrons. The molecule has 0 spiro atoms. The predicted molar refractivity (Wildman–Crippen MR) is 104 cm³/mol. The van der Waals surface area contributed by atoms with Gasteiger partial charge in [0.25, 0.3) is 0 Å². The Hall–Kier alpha value is -2.80. The summed E-state index contributed by atoms with van der Waals surface area (Å²) in [5.74, 6) is -0.879. The van der Waals surface area contributed by atoms with E-state index in [0.717, 1.165) is 10.4 Å². The summed E-state index contributed by atoms with van der Waals surface area (Å²) in [4.78, 5) is 11.3. The molecule has 0 saturated carbocycles. The van der Waals surface area contributed by atoms with Crippen LogP contribution < -0.4 is 4.31 Å². The van der Waals surface area contributed by atoms with E-state index in [2.05, 4.69) is 15.0 Å². The largest absolute Gasteiger partial charge is 0.243 e. The van der Waals surface area contributed by atoms with Gasteiger partial charge in [0.1, 0.15) is 18.0 Å². The molecule has 0 saturated heterocycles. The van der Waals surface area contributed by atoms with E-state index in [1.807, 2.05) is 0 Å². The second-order valence-electron chi connectivity index (χ2n) is 5.84. The molecule has 0 amide bonds. The van der Waals surface area contributed by atoms with Crippen molar-refractivity contribution in [3.8, 4) is 12.1 Å². The van der Waals surface area contributed by atoms with Crippen molar-refractivity contribution in [1.82, 2.24) is 15.0 Å². The number of hydrogen-bond acceptors (Lipinski definition) is 9. The predicted octanol–water partition coefficient (Wildman–Crippen LogP) is 1.21. The van der Waals surface area contributed by atoms with Crippen molar-refractivity contribution < 1.29 is 16.8 Å². The number of anilines is 1. The van der Waals surface area contributed by atoms with Gasteiger partial charge < -0.3 is 0 Å². The van der Waals surface area contributed by atoms with Crippen LogP contribution in [-0.2, 0) is 19.9 Å². The van der Waals surface area contributed by atoms with E-state index in [1.54, 1.807) is 12.1 Å². The van der Waals surface area contributed by atoms with E-state index >= 15 is 0 Å². The number of sulfone groups is 1. The maximum Gasteiger partial charge on any atom is 0.243 e. The molecule has 29 heavy (non-hydrogen) atoms. The SMILES string of the molecule is Cc1nc(Cl)nc(N(C)S(=O)(=O)CCCS(=O)(=O)c2ccc(C#N)c(C#N)c2)n1. The summed E-state index contributed by atoms with van der Waals surface area (Å²) >= 11 is 5.72. The molecule has 0 fully saturated rings. The monoisotopic (exact) mass is 454 g/mol. The molecular weight excluding hydrogens is 440 g/mol. The number of benzene rings is 1. The summed E-state index contributed by atoms with van der Waals surface area (Å²) < 4.78 is 50.7. The summed E-state index contributed by atoms with van der Waals surface area (Å²) in [5.41, 5.74) is -0.00929. The van der Waals surface area contributed by atoms with Crippen molar-refractivity contribution in [3.63, 3.8) is 0 Å². The number of nitriles is 2. The van der Waals surface area contributed by atoms with Gasteiger partial charge in [-0.2, -0.15) is 20.5 Å². The third kappa shape index (κ3) is 5.38. The fraction of sp³-hybridized carbons (Fsp3) is 0.312. The summed E-state index contributed by atoms with van der Waals surface area (Å²) in [5, 5.41) is 17.8. The van der Waals surface area contributed by atoms with E-state index in [1.165, 1.54) is 26.1 Å². The van der Waals surface area contributed by atoms with E-state index in [-0.39, 0.29) is 39.5 Å². The molecule has 0 aliphatic rings. The van der Waals surface area contributed by atoms with Crippen LogP contribution in [0.3, 0.4) is 0 Å². The molecule has 1 aromatic heterocycles. The third-order valence-electron chi connectivity index (χ3n) is 3.81. The van der Waals surface area contributed by atoms with E-state index in [4.69, 9.17) is 22.1 Å². The smallest absolute Gasteiger partial charge is 0.241 e. The zero-order valence-corrected chi connectivity index (χ0v) is 17.8. The topological polar surface area (TPSA) is 158 Å². The molecule has 2 aromatic rings. The fourth-order valence-electron chi connectivity index (χ4n) is 2.29. The quantitative estimate of drug-likeness (QED) is 0.599. The van der Waals surface area contributed by atoms with E-state index in [0.29, 0.717) is 0 Å². The third-order valence-corrected chi connectivity index (χ3v) is 7.58. The Balaban J connectivity index is 2.13. The summed E-state index contributed by atoms with van der Waals surface area (Å²) in [7, 11) is -6.53. The first-order chi connectivity index (χ1) is 13.5. The molecule has 1 aromatic carbocycles. The molecule has 0 radical (unpaired) electrons. The van der Waals surface area contributed by atoms with Gasteiger partial charge in [-0.1, -0.05) is 0 Å². The average Bonchev–Trinajstić information content (AvgIpc) is 2.65. The number of aryl methyl sites for hydroxylation is 1. The van der Waals surface area contributed by atoms with Crippen molar-refractivity contribution in [2.45, 2.75) is 18.2 Å². The van der Waals surface area contributed by atoms with Crippen molar-refractivity contribution in [1.29, 1.82) is 10.5 Å². The summed E-state index contributed by atoms with van der Waals surface area (Å²) in [6, 6.07) is 7.11. The van der Waals surface area contributed by atoms with Gasteiger partial charge in [0.05, 0.1) is 27.5 Å². The number of rotatable bonds is 7. The first-order valence-corrected chi connectivity index (χ1v) is 11.7. The molecule has 0 bridgehead atoms. The molecule has 0 atom stereocenters. The lowest BCUT2D eigenvalue weighted by Gasteiger charge is -2.17. The van der Waals surface area contributed by atoms with Gasteiger partial charge >= 0.3 is 0 Å². The number of hydrogen-bond donors (Lipinski definition) is 0. The van der Waals surface area contributed by atoms with Crippen LogP contribution in [0.15, 0.2) is 23.1 Å². The van der Waals surface area contributed by atoms with Gasteiger partial charge in [-0.05, 0) is 43.1 Å². The second-order valence-corrected chi connectivity index (χ2v) is 10.4. The van der Waals surface area contributed by atoms with Crippen molar-refractivity contribution in [3.05, 3.63) is 40.4 Å². The highest BCUT2D eigenvalue weighted by Gasteiger charge is 2.24. The minimum atomic E-state index is -3.91.